The second kappa shape index (κ2) is 8.06. The molecule has 0 aromatic carbocycles. The monoisotopic (exact) mass is 344 g/mol. The molecule has 0 bridgehead atoms. The van der Waals surface area contributed by atoms with E-state index in [1.807, 2.05) is 0 Å². The molecule has 10 nitrogen and oxygen atoms in total. The van der Waals surface area contributed by atoms with Crippen LogP contribution in [0.1, 0.15) is 51.4 Å². The minimum Gasteiger partial charge on any atom is -0.481 e. The van der Waals surface area contributed by atoms with Gasteiger partial charge < -0.3 is 32.3 Å². The Morgan fingerprint density at radius 3 is 1.96 bits per heavy atom. The summed E-state index contributed by atoms with van der Waals surface area (Å²) in [4.78, 5) is 46.5. The summed E-state index contributed by atoms with van der Waals surface area (Å²) in [5.41, 5.74) is 7.37. The van der Waals surface area contributed by atoms with Crippen molar-refractivity contribution in [2.24, 2.45) is 11.5 Å². The molecule has 136 valence electrons. The summed E-state index contributed by atoms with van der Waals surface area (Å²) in [7, 11) is 0. The zero-order chi connectivity index (χ0) is 18.4. The minimum atomic E-state index is -2.41. The van der Waals surface area contributed by atoms with Crippen molar-refractivity contribution in [1.82, 2.24) is 10.6 Å². The normalized spacial score (nSPS) is 19.1. The number of nitrogens with two attached hydrogens (primary N) is 2. The third-order valence-corrected chi connectivity index (χ3v) is 3.96. The van der Waals surface area contributed by atoms with Gasteiger partial charge in [0.1, 0.15) is 5.66 Å². The largest absolute Gasteiger partial charge is 0.481 e. The third-order valence-electron chi connectivity index (χ3n) is 3.96. The molecule has 0 saturated carbocycles. The first-order valence-corrected chi connectivity index (χ1v) is 7.76. The SMILES string of the molecule is NC(N)(CCCC(=O)O)C1(C(=O)O)NC(=O)CCCCCC(=O)N1. The van der Waals surface area contributed by atoms with Crippen LogP contribution in [0.4, 0.5) is 0 Å². The van der Waals surface area contributed by atoms with Gasteiger partial charge in [-0.15, -0.1) is 0 Å². The molecule has 1 aliphatic rings. The first-order chi connectivity index (χ1) is 11.1. The fourth-order valence-corrected chi connectivity index (χ4v) is 2.58. The lowest BCUT2D eigenvalue weighted by atomic mass is 9.87. The molecule has 1 fully saturated rings. The number of aliphatic carboxylic acids is 2. The van der Waals surface area contributed by atoms with Crippen LogP contribution in [0.15, 0.2) is 0 Å². The van der Waals surface area contributed by atoms with E-state index in [0.29, 0.717) is 19.3 Å². The maximum absolute atomic E-state index is 12.0. The van der Waals surface area contributed by atoms with Crippen LogP contribution < -0.4 is 22.1 Å². The van der Waals surface area contributed by atoms with Crippen LogP contribution in [0.2, 0.25) is 0 Å². The number of rotatable bonds is 6. The first kappa shape index (κ1) is 19.8. The van der Waals surface area contributed by atoms with Crippen molar-refractivity contribution in [3.05, 3.63) is 0 Å². The Morgan fingerprint density at radius 2 is 1.54 bits per heavy atom. The molecule has 0 aliphatic carbocycles. The van der Waals surface area contributed by atoms with E-state index in [4.69, 9.17) is 16.6 Å². The van der Waals surface area contributed by atoms with E-state index in [2.05, 4.69) is 10.6 Å². The second-order valence-electron chi connectivity index (χ2n) is 6.00. The molecule has 1 rings (SSSR count). The van der Waals surface area contributed by atoms with E-state index in [0.717, 1.165) is 0 Å². The molecule has 8 N–H and O–H groups in total. The highest BCUT2D eigenvalue weighted by Crippen LogP contribution is 2.22. The van der Waals surface area contributed by atoms with Gasteiger partial charge in [0.15, 0.2) is 0 Å². The van der Waals surface area contributed by atoms with Crippen LogP contribution in [0, 0.1) is 0 Å². The Morgan fingerprint density at radius 1 is 1.04 bits per heavy atom. The van der Waals surface area contributed by atoms with Crippen LogP contribution in [-0.2, 0) is 19.2 Å². The molecule has 0 aromatic heterocycles. The van der Waals surface area contributed by atoms with Gasteiger partial charge in [0.2, 0.25) is 17.5 Å². The van der Waals surface area contributed by atoms with Gasteiger partial charge in [0, 0.05) is 19.3 Å². The maximum Gasteiger partial charge on any atom is 0.354 e. The topological polar surface area (TPSA) is 185 Å². The van der Waals surface area contributed by atoms with Crippen molar-refractivity contribution < 1.29 is 29.4 Å². The van der Waals surface area contributed by atoms with Gasteiger partial charge in [-0.3, -0.25) is 14.4 Å². The molecule has 1 aliphatic heterocycles. The number of carbonyl (C=O) groups is 4. The zero-order valence-corrected chi connectivity index (χ0v) is 13.3. The highest BCUT2D eigenvalue weighted by molar-refractivity contribution is 5.92. The lowest BCUT2D eigenvalue weighted by Gasteiger charge is -2.43. The predicted octanol–water partition coefficient (Wildman–Crippen LogP) is -1.17. The lowest BCUT2D eigenvalue weighted by molar-refractivity contribution is -0.157. The lowest BCUT2D eigenvalue weighted by Crippen LogP contribution is -2.83. The summed E-state index contributed by atoms with van der Waals surface area (Å²) in [6.07, 6.45) is 1.33. The molecule has 10 heteroatoms. The highest BCUT2D eigenvalue weighted by atomic mass is 16.4. The van der Waals surface area contributed by atoms with Gasteiger partial charge in [0.05, 0.1) is 0 Å². The van der Waals surface area contributed by atoms with E-state index in [-0.39, 0.29) is 32.1 Å². The fourth-order valence-electron chi connectivity index (χ4n) is 2.58. The molecule has 24 heavy (non-hydrogen) atoms. The van der Waals surface area contributed by atoms with Crippen molar-refractivity contribution in [2.75, 3.05) is 0 Å². The molecule has 0 aromatic rings. The summed E-state index contributed by atoms with van der Waals surface area (Å²) < 4.78 is 0. The Kier molecular flexibility index (Phi) is 6.67. The van der Waals surface area contributed by atoms with E-state index in [1.165, 1.54) is 0 Å². The molecule has 1 heterocycles. The molecular formula is C14H24N4O6. The van der Waals surface area contributed by atoms with Crippen LogP contribution in [-0.4, -0.2) is 45.3 Å². The van der Waals surface area contributed by atoms with Gasteiger partial charge in [-0.1, -0.05) is 6.42 Å². The van der Waals surface area contributed by atoms with Crippen molar-refractivity contribution in [1.29, 1.82) is 0 Å². The average Bonchev–Trinajstić information content (AvgIpc) is 2.44. The van der Waals surface area contributed by atoms with Gasteiger partial charge in [-0.25, -0.2) is 4.79 Å². The summed E-state index contributed by atoms with van der Waals surface area (Å²) in [6, 6.07) is 0. The summed E-state index contributed by atoms with van der Waals surface area (Å²) >= 11 is 0. The molecule has 2 amide bonds. The van der Waals surface area contributed by atoms with Crippen molar-refractivity contribution in [3.63, 3.8) is 0 Å². The number of amides is 2. The Labute approximate surface area is 138 Å². The third kappa shape index (κ3) is 4.90. The Hall–Kier alpha value is -2.20. The summed E-state index contributed by atoms with van der Waals surface area (Å²) in [5, 5.41) is 22.8. The van der Waals surface area contributed by atoms with Crippen LogP contribution in [0.5, 0.6) is 0 Å². The predicted molar refractivity (Wildman–Crippen MR) is 82.3 cm³/mol. The first-order valence-electron chi connectivity index (χ1n) is 7.76. The van der Waals surface area contributed by atoms with Crippen molar-refractivity contribution in [3.8, 4) is 0 Å². The van der Waals surface area contributed by atoms with Crippen LogP contribution in [0.25, 0.3) is 0 Å². The van der Waals surface area contributed by atoms with E-state index < -0.39 is 35.1 Å². The van der Waals surface area contributed by atoms with Crippen molar-refractivity contribution in [2.45, 2.75) is 62.7 Å². The van der Waals surface area contributed by atoms with Gasteiger partial charge in [0.25, 0.3) is 0 Å². The van der Waals surface area contributed by atoms with Gasteiger partial charge in [-0.2, -0.15) is 0 Å². The number of carbonyl (C=O) groups excluding carboxylic acids is 2. The maximum atomic E-state index is 12.0. The van der Waals surface area contributed by atoms with E-state index in [1.54, 1.807) is 0 Å². The number of nitrogens with one attached hydrogen (secondary N) is 2. The van der Waals surface area contributed by atoms with E-state index >= 15 is 0 Å². The highest BCUT2D eigenvalue weighted by Gasteiger charge is 2.55. The average molecular weight is 344 g/mol. The molecule has 0 spiro atoms. The van der Waals surface area contributed by atoms with Crippen LogP contribution >= 0.6 is 0 Å². The second-order valence-corrected chi connectivity index (χ2v) is 6.00. The summed E-state index contributed by atoms with van der Waals surface area (Å²) in [5.74, 6) is -3.89. The smallest absolute Gasteiger partial charge is 0.354 e. The molecule has 1 saturated heterocycles. The minimum absolute atomic E-state index is 0.0108. The number of hydrogen-bond acceptors (Lipinski definition) is 6. The molecule has 0 atom stereocenters. The number of carboxylic acid groups (broad SMARTS) is 2. The zero-order valence-electron chi connectivity index (χ0n) is 13.3. The van der Waals surface area contributed by atoms with Gasteiger partial charge in [-0.05, 0) is 25.7 Å². The fraction of sp³-hybridized carbons (Fsp3) is 0.714. The van der Waals surface area contributed by atoms with E-state index in [9.17, 15) is 24.3 Å². The molecule has 0 unspecified atom stereocenters. The quantitative estimate of drug-likeness (QED) is 0.325. The summed E-state index contributed by atoms with van der Waals surface area (Å²) in [6.45, 7) is 0. The Bertz CT molecular complexity index is 499. The molecular weight excluding hydrogens is 320 g/mol. The van der Waals surface area contributed by atoms with Crippen molar-refractivity contribution >= 4 is 23.8 Å². The molecule has 0 radical (unpaired) electrons. The Balaban J connectivity index is 3.13. The van der Waals surface area contributed by atoms with Gasteiger partial charge >= 0.3 is 11.9 Å². The standard InChI is InChI=1S/C14H24N4O6/c15-13(16,8-4-7-11(21)22)14(12(23)24)17-9(19)5-2-1-3-6-10(20)18-14/h1-8,15-16H2,(H,17,19)(H,18,20)(H,21,22)(H,23,24). The van der Waals surface area contributed by atoms with Crippen LogP contribution in [0.3, 0.4) is 0 Å². The number of hydrogen-bond donors (Lipinski definition) is 6. The number of carboxylic acids is 2.